The highest BCUT2D eigenvalue weighted by Crippen LogP contribution is 2.10. The molecular formula is C7H16O3. The van der Waals surface area contributed by atoms with Crippen LogP contribution in [0.25, 0.3) is 0 Å². The van der Waals surface area contributed by atoms with E-state index in [-0.39, 0.29) is 12.5 Å². The van der Waals surface area contributed by atoms with Crippen molar-refractivity contribution in [1.29, 1.82) is 0 Å². The quantitative estimate of drug-likeness (QED) is 0.515. The van der Waals surface area contributed by atoms with Crippen LogP contribution < -0.4 is 0 Å². The van der Waals surface area contributed by atoms with Gasteiger partial charge < -0.3 is 15.3 Å². The van der Waals surface area contributed by atoms with E-state index < -0.39 is 12.2 Å². The lowest BCUT2D eigenvalue weighted by molar-refractivity contribution is -0.00893. The molecule has 0 aromatic rings. The van der Waals surface area contributed by atoms with Crippen molar-refractivity contribution in [3.05, 3.63) is 0 Å². The van der Waals surface area contributed by atoms with E-state index in [4.69, 9.17) is 15.3 Å². The first-order chi connectivity index (χ1) is 4.63. The summed E-state index contributed by atoms with van der Waals surface area (Å²) in [5, 5.41) is 26.7. The highest BCUT2D eigenvalue weighted by Gasteiger charge is 2.19. The molecule has 0 saturated heterocycles. The van der Waals surface area contributed by atoms with Gasteiger partial charge in [-0.1, -0.05) is 13.8 Å². The lowest BCUT2D eigenvalue weighted by atomic mass is 9.97. The molecule has 0 aromatic heterocycles. The number of aliphatic hydroxyl groups excluding tert-OH is 3. The van der Waals surface area contributed by atoms with Gasteiger partial charge in [-0.25, -0.2) is 0 Å². The molecule has 0 fully saturated rings. The van der Waals surface area contributed by atoms with Crippen molar-refractivity contribution in [3.63, 3.8) is 0 Å². The molecule has 0 spiro atoms. The van der Waals surface area contributed by atoms with Crippen molar-refractivity contribution >= 4 is 0 Å². The van der Waals surface area contributed by atoms with Gasteiger partial charge in [-0.2, -0.15) is 0 Å². The van der Waals surface area contributed by atoms with Gasteiger partial charge in [0.1, 0.15) is 0 Å². The van der Waals surface area contributed by atoms with Crippen LogP contribution in [-0.2, 0) is 0 Å². The van der Waals surface area contributed by atoms with Gasteiger partial charge >= 0.3 is 0 Å². The zero-order valence-electron chi connectivity index (χ0n) is 6.49. The maximum absolute atomic E-state index is 9.16. The summed E-state index contributed by atoms with van der Waals surface area (Å²) < 4.78 is 0. The van der Waals surface area contributed by atoms with Crippen LogP contribution in [0.2, 0.25) is 0 Å². The van der Waals surface area contributed by atoms with E-state index in [9.17, 15) is 0 Å². The molecule has 0 unspecified atom stereocenters. The topological polar surface area (TPSA) is 60.7 Å². The van der Waals surface area contributed by atoms with Crippen molar-refractivity contribution < 1.29 is 15.3 Å². The Hall–Kier alpha value is -0.120. The zero-order valence-corrected chi connectivity index (χ0v) is 6.49. The minimum atomic E-state index is -0.796. The van der Waals surface area contributed by atoms with Gasteiger partial charge in [-0.05, 0) is 6.42 Å². The summed E-state index contributed by atoms with van der Waals surface area (Å²) in [6.45, 7) is 3.28. The van der Waals surface area contributed by atoms with E-state index in [0.717, 1.165) is 0 Å². The van der Waals surface area contributed by atoms with E-state index in [2.05, 4.69) is 0 Å². The van der Waals surface area contributed by atoms with E-state index in [0.29, 0.717) is 6.42 Å². The third kappa shape index (κ3) is 2.64. The molecule has 0 aliphatic rings. The molecule has 3 atom stereocenters. The second kappa shape index (κ2) is 4.66. The molecule has 0 aliphatic carbocycles. The van der Waals surface area contributed by atoms with E-state index in [1.165, 1.54) is 0 Å². The van der Waals surface area contributed by atoms with Crippen LogP contribution in [0.3, 0.4) is 0 Å². The molecule has 3 N–H and O–H groups in total. The Morgan fingerprint density at radius 2 is 1.70 bits per heavy atom. The van der Waals surface area contributed by atoms with Crippen LogP contribution in [0, 0.1) is 5.92 Å². The molecule has 0 heterocycles. The molecule has 0 radical (unpaired) electrons. The average molecular weight is 148 g/mol. The normalized spacial score (nSPS) is 20.1. The van der Waals surface area contributed by atoms with E-state index in [1.807, 2.05) is 6.92 Å². The Kier molecular flexibility index (Phi) is 4.60. The molecular weight excluding hydrogens is 132 g/mol. The molecule has 0 aliphatic heterocycles. The first-order valence-corrected chi connectivity index (χ1v) is 3.60. The third-order valence-corrected chi connectivity index (χ3v) is 1.82. The van der Waals surface area contributed by atoms with Crippen molar-refractivity contribution in [2.75, 3.05) is 6.61 Å². The molecule has 0 amide bonds. The zero-order chi connectivity index (χ0) is 8.15. The molecule has 3 nitrogen and oxygen atoms in total. The first kappa shape index (κ1) is 9.88. The largest absolute Gasteiger partial charge is 0.394 e. The third-order valence-electron chi connectivity index (χ3n) is 1.82. The Balaban J connectivity index is 3.69. The minimum Gasteiger partial charge on any atom is -0.394 e. The predicted molar refractivity (Wildman–Crippen MR) is 38.6 cm³/mol. The SMILES string of the molecule is CC[C@@H](O)[C@H](C)[C@@H](O)CO. The van der Waals surface area contributed by atoms with Crippen molar-refractivity contribution in [3.8, 4) is 0 Å². The highest BCUT2D eigenvalue weighted by molar-refractivity contribution is 4.69. The van der Waals surface area contributed by atoms with Gasteiger partial charge in [0.05, 0.1) is 18.8 Å². The standard InChI is InChI=1S/C7H16O3/c1-3-6(9)5(2)7(10)4-8/h5-10H,3-4H2,1-2H3/t5-,6+,7-/m0/s1. The Morgan fingerprint density at radius 3 is 2.00 bits per heavy atom. The predicted octanol–water partition coefficient (Wildman–Crippen LogP) is -0.253. The Bertz CT molecular complexity index is 74.9. The fourth-order valence-electron chi connectivity index (χ4n) is 0.794. The molecule has 0 saturated carbocycles. The maximum Gasteiger partial charge on any atom is 0.0820 e. The first-order valence-electron chi connectivity index (χ1n) is 3.60. The van der Waals surface area contributed by atoms with Crippen molar-refractivity contribution in [1.82, 2.24) is 0 Å². The van der Waals surface area contributed by atoms with Gasteiger partial charge in [-0.15, -0.1) is 0 Å². The minimum absolute atomic E-state index is 0.241. The van der Waals surface area contributed by atoms with Gasteiger partial charge in [0, 0.05) is 5.92 Å². The monoisotopic (exact) mass is 148 g/mol. The van der Waals surface area contributed by atoms with Gasteiger partial charge in [-0.3, -0.25) is 0 Å². The maximum atomic E-state index is 9.16. The van der Waals surface area contributed by atoms with Gasteiger partial charge in [0.15, 0.2) is 0 Å². The van der Waals surface area contributed by atoms with Crippen LogP contribution >= 0.6 is 0 Å². The van der Waals surface area contributed by atoms with E-state index >= 15 is 0 Å². The molecule has 3 heteroatoms. The van der Waals surface area contributed by atoms with Crippen molar-refractivity contribution in [2.24, 2.45) is 5.92 Å². The molecule has 10 heavy (non-hydrogen) atoms. The van der Waals surface area contributed by atoms with Crippen molar-refractivity contribution in [2.45, 2.75) is 32.5 Å². The summed E-state index contributed by atoms with van der Waals surface area (Å²) in [6.07, 6.45) is -0.699. The number of hydrogen-bond donors (Lipinski definition) is 3. The molecule has 0 rings (SSSR count). The summed E-state index contributed by atoms with van der Waals surface area (Å²) >= 11 is 0. The summed E-state index contributed by atoms with van der Waals surface area (Å²) in [5.74, 6) is -0.241. The van der Waals surface area contributed by atoms with Gasteiger partial charge in [0.25, 0.3) is 0 Å². The fourth-order valence-corrected chi connectivity index (χ4v) is 0.794. The molecule has 0 bridgehead atoms. The highest BCUT2D eigenvalue weighted by atomic mass is 16.3. The summed E-state index contributed by atoms with van der Waals surface area (Å²) in [4.78, 5) is 0. The summed E-state index contributed by atoms with van der Waals surface area (Å²) in [6, 6.07) is 0. The Labute approximate surface area is 61.3 Å². The summed E-state index contributed by atoms with van der Waals surface area (Å²) in [5.41, 5.74) is 0. The van der Waals surface area contributed by atoms with Gasteiger partial charge in [0.2, 0.25) is 0 Å². The lowest BCUT2D eigenvalue weighted by Crippen LogP contribution is -2.31. The fraction of sp³-hybridized carbons (Fsp3) is 1.00. The van der Waals surface area contributed by atoms with Crippen LogP contribution in [0.1, 0.15) is 20.3 Å². The Morgan fingerprint density at radius 1 is 1.20 bits per heavy atom. The second-order valence-corrected chi connectivity index (χ2v) is 2.58. The lowest BCUT2D eigenvalue weighted by Gasteiger charge is -2.20. The molecule has 62 valence electrons. The summed E-state index contributed by atoms with van der Waals surface area (Å²) in [7, 11) is 0. The van der Waals surface area contributed by atoms with Crippen LogP contribution in [0.15, 0.2) is 0 Å². The smallest absolute Gasteiger partial charge is 0.0820 e. The molecule has 0 aromatic carbocycles. The number of hydrogen-bond acceptors (Lipinski definition) is 3. The second-order valence-electron chi connectivity index (χ2n) is 2.58. The van der Waals surface area contributed by atoms with Crippen LogP contribution in [0.4, 0.5) is 0 Å². The van der Waals surface area contributed by atoms with E-state index in [1.54, 1.807) is 6.92 Å². The average Bonchev–Trinajstić information content (AvgIpc) is 2.00. The van der Waals surface area contributed by atoms with Crippen LogP contribution in [0.5, 0.6) is 0 Å². The van der Waals surface area contributed by atoms with Crippen LogP contribution in [-0.4, -0.2) is 34.1 Å². The number of rotatable bonds is 4. The number of aliphatic hydroxyl groups is 3.